The summed E-state index contributed by atoms with van der Waals surface area (Å²) in [5.41, 5.74) is 2.30. The van der Waals surface area contributed by atoms with Gasteiger partial charge in [0.05, 0.1) is 22.1 Å². The van der Waals surface area contributed by atoms with Gasteiger partial charge in [-0.05, 0) is 61.2 Å². The Bertz CT molecular complexity index is 1380. The van der Waals surface area contributed by atoms with Crippen molar-refractivity contribution in [3.8, 4) is 0 Å². The topological polar surface area (TPSA) is 79.0 Å². The minimum absolute atomic E-state index is 0.0334. The molecule has 3 aromatic rings. The highest BCUT2D eigenvalue weighted by molar-refractivity contribution is 6.42. The third kappa shape index (κ3) is 9.05. The van der Waals surface area contributed by atoms with Crippen molar-refractivity contribution in [1.29, 1.82) is 0 Å². The molecule has 0 bridgehead atoms. The number of piperidine rings is 1. The van der Waals surface area contributed by atoms with Crippen LogP contribution >= 0.6 is 23.2 Å². The van der Waals surface area contributed by atoms with Crippen molar-refractivity contribution in [3.63, 3.8) is 0 Å². The van der Waals surface area contributed by atoms with Crippen LogP contribution in [0.15, 0.2) is 78.9 Å². The molecular formula is C34H39Cl2N3O4. The summed E-state index contributed by atoms with van der Waals surface area (Å²) in [5.74, 6) is -0.590. The van der Waals surface area contributed by atoms with Gasteiger partial charge in [-0.1, -0.05) is 77.8 Å². The summed E-state index contributed by atoms with van der Waals surface area (Å²) in [6, 6.07) is 24.9. The summed E-state index contributed by atoms with van der Waals surface area (Å²) >= 11 is 12.7. The lowest BCUT2D eigenvalue weighted by molar-refractivity contribution is -0.141. The molecule has 4 rings (SSSR count). The molecule has 2 amide bonds. The van der Waals surface area contributed by atoms with Crippen LogP contribution in [0.3, 0.4) is 0 Å². The molecule has 1 fully saturated rings. The second kappa shape index (κ2) is 15.4. The Morgan fingerprint density at radius 2 is 1.58 bits per heavy atom. The molecule has 1 aliphatic rings. The molecule has 43 heavy (non-hydrogen) atoms. The summed E-state index contributed by atoms with van der Waals surface area (Å²) in [5, 5.41) is 4.18. The quantitative estimate of drug-likeness (QED) is 0.240. The van der Waals surface area contributed by atoms with Gasteiger partial charge in [-0.2, -0.15) is 0 Å². The lowest BCUT2D eigenvalue weighted by atomic mass is 9.80. The maximum absolute atomic E-state index is 13.6. The van der Waals surface area contributed by atoms with Crippen LogP contribution in [0.5, 0.6) is 0 Å². The Hall–Kier alpha value is -3.39. The third-order valence-electron chi connectivity index (χ3n) is 8.08. The van der Waals surface area contributed by atoms with E-state index in [9.17, 15) is 14.4 Å². The molecule has 3 aromatic carbocycles. The maximum atomic E-state index is 13.6. The number of rotatable bonds is 12. The van der Waals surface area contributed by atoms with Gasteiger partial charge < -0.3 is 19.9 Å². The van der Waals surface area contributed by atoms with Crippen LogP contribution < -0.4 is 5.32 Å². The molecule has 0 saturated carbocycles. The number of halogens is 2. The Morgan fingerprint density at radius 3 is 2.19 bits per heavy atom. The van der Waals surface area contributed by atoms with Crippen LogP contribution in [-0.2, 0) is 19.9 Å². The van der Waals surface area contributed by atoms with Crippen molar-refractivity contribution < 1.29 is 19.1 Å². The minimum Gasteiger partial charge on any atom is -0.464 e. The number of likely N-dealkylation sites (tertiary alicyclic amines) is 1. The summed E-state index contributed by atoms with van der Waals surface area (Å²) < 4.78 is 5.21. The minimum atomic E-state index is -0.387. The number of esters is 1. The van der Waals surface area contributed by atoms with Gasteiger partial charge in [-0.3, -0.25) is 14.4 Å². The van der Waals surface area contributed by atoms with Crippen LogP contribution in [-0.4, -0.2) is 66.9 Å². The molecule has 9 heteroatoms. The SMILES string of the molecule is CC(=O)NC1(c2ccccc2)CCN(CCC(CN(CCOC(C)=O)C(=O)c2ccccc2)c2ccc(Cl)c(Cl)c2)CC1. The lowest BCUT2D eigenvalue weighted by Gasteiger charge is -2.43. The van der Waals surface area contributed by atoms with Crippen LogP contribution in [0, 0.1) is 0 Å². The van der Waals surface area contributed by atoms with Crippen molar-refractivity contribution in [2.24, 2.45) is 0 Å². The average Bonchev–Trinajstić information content (AvgIpc) is 3.00. The number of nitrogens with zero attached hydrogens (tertiary/aromatic N) is 2. The second-order valence-electron chi connectivity index (χ2n) is 11.1. The second-order valence-corrected chi connectivity index (χ2v) is 11.9. The predicted molar refractivity (Wildman–Crippen MR) is 170 cm³/mol. The standard InChI is InChI=1S/C34H39Cl2N3O4/c1-25(40)37-34(30-11-7-4-8-12-30)16-19-38(20-17-34)18-15-29(28-13-14-31(35)32(36)23-28)24-39(21-22-43-26(2)41)33(42)27-9-5-3-6-10-27/h3-14,23,29H,15-22,24H2,1-2H3,(H,37,40). The average molecular weight is 625 g/mol. The van der Waals surface area contributed by atoms with E-state index in [0.29, 0.717) is 22.2 Å². The Kier molecular flexibility index (Phi) is 11.6. The zero-order valence-electron chi connectivity index (χ0n) is 24.7. The number of hydrogen-bond acceptors (Lipinski definition) is 5. The van der Waals surface area contributed by atoms with Crippen LogP contribution in [0.1, 0.15) is 60.5 Å². The molecule has 1 saturated heterocycles. The Morgan fingerprint density at radius 1 is 0.930 bits per heavy atom. The fourth-order valence-corrected chi connectivity index (χ4v) is 6.12. The first-order valence-electron chi connectivity index (χ1n) is 14.7. The first-order chi connectivity index (χ1) is 20.7. The first-order valence-corrected chi connectivity index (χ1v) is 15.4. The predicted octanol–water partition coefficient (Wildman–Crippen LogP) is 6.30. The highest BCUT2D eigenvalue weighted by Crippen LogP contribution is 2.34. The summed E-state index contributed by atoms with van der Waals surface area (Å²) in [6.45, 7) is 6.17. The molecule has 0 spiro atoms. The number of carbonyl (C=O) groups is 3. The number of benzene rings is 3. The molecule has 0 aliphatic carbocycles. The number of ether oxygens (including phenoxy) is 1. The van der Waals surface area contributed by atoms with Crippen molar-refractivity contribution in [2.45, 2.75) is 44.6 Å². The summed E-state index contributed by atoms with van der Waals surface area (Å²) in [4.78, 5) is 41.4. The van der Waals surface area contributed by atoms with E-state index in [2.05, 4.69) is 22.3 Å². The fourth-order valence-electron chi connectivity index (χ4n) is 5.81. The van der Waals surface area contributed by atoms with Gasteiger partial charge in [0.1, 0.15) is 6.61 Å². The summed E-state index contributed by atoms with van der Waals surface area (Å²) in [7, 11) is 0. The van der Waals surface area contributed by atoms with Crippen LogP contribution in [0.2, 0.25) is 10.0 Å². The molecule has 228 valence electrons. The van der Waals surface area contributed by atoms with Gasteiger partial charge in [0, 0.05) is 45.0 Å². The van der Waals surface area contributed by atoms with E-state index < -0.39 is 0 Å². The van der Waals surface area contributed by atoms with E-state index >= 15 is 0 Å². The smallest absolute Gasteiger partial charge is 0.302 e. The number of nitrogens with one attached hydrogen (secondary N) is 1. The lowest BCUT2D eigenvalue weighted by Crippen LogP contribution is -2.52. The monoisotopic (exact) mass is 623 g/mol. The van der Waals surface area contributed by atoms with Crippen molar-refractivity contribution >= 4 is 41.0 Å². The maximum Gasteiger partial charge on any atom is 0.302 e. The van der Waals surface area contributed by atoms with E-state index in [0.717, 1.165) is 50.0 Å². The van der Waals surface area contributed by atoms with Crippen molar-refractivity contribution in [3.05, 3.63) is 106 Å². The van der Waals surface area contributed by atoms with Gasteiger partial charge >= 0.3 is 5.97 Å². The molecule has 1 atom stereocenters. The molecule has 1 unspecified atom stereocenters. The number of carbonyl (C=O) groups excluding carboxylic acids is 3. The molecule has 0 aromatic heterocycles. The van der Waals surface area contributed by atoms with E-state index in [1.807, 2.05) is 48.5 Å². The van der Waals surface area contributed by atoms with Gasteiger partial charge in [-0.15, -0.1) is 0 Å². The summed E-state index contributed by atoms with van der Waals surface area (Å²) in [6.07, 6.45) is 2.37. The Labute approximate surface area is 264 Å². The van der Waals surface area contributed by atoms with E-state index in [1.165, 1.54) is 6.92 Å². The van der Waals surface area contributed by atoms with Crippen molar-refractivity contribution in [1.82, 2.24) is 15.1 Å². The largest absolute Gasteiger partial charge is 0.464 e. The van der Waals surface area contributed by atoms with Gasteiger partial charge in [0.15, 0.2) is 0 Å². The van der Waals surface area contributed by atoms with Crippen LogP contribution in [0.4, 0.5) is 0 Å². The van der Waals surface area contributed by atoms with Gasteiger partial charge in [0.2, 0.25) is 5.91 Å². The number of amides is 2. The first kappa shape index (κ1) is 32.5. The number of hydrogen-bond donors (Lipinski definition) is 1. The van der Waals surface area contributed by atoms with Crippen LogP contribution in [0.25, 0.3) is 0 Å². The molecule has 1 N–H and O–H groups in total. The third-order valence-corrected chi connectivity index (χ3v) is 8.81. The van der Waals surface area contributed by atoms with E-state index in [-0.39, 0.29) is 42.4 Å². The van der Waals surface area contributed by atoms with E-state index in [1.54, 1.807) is 30.0 Å². The molecule has 1 heterocycles. The Balaban J connectivity index is 1.51. The normalized spacial score (nSPS) is 15.3. The van der Waals surface area contributed by atoms with Gasteiger partial charge in [0.25, 0.3) is 5.91 Å². The molecule has 7 nitrogen and oxygen atoms in total. The molecule has 0 radical (unpaired) electrons. The van der Waals surface area contributed by atoms with E-state index in [4.69, 9.17) is 27.9 Å². The highest BCUT2D eigenvalue weighted by atomic mass is 35.5. The zero-order valence-corrected chi connectivity index (χ0v) is 26.2. The zero-order chi connectivity index (χ0) is 30.8. The van der Waals surface area contributed by atoms with Gasteiger partial charge in [-0.25, -0.2) is 0 Å². The van der Waals surface area contributed by atoms with Crippen molar-refractivity contribution in [2.75, 3.05) is 39.3 Å². The molecule has 1 aliphatic heterocycles. The molecular weight excluding hydrogens is 585 g/mol. The fraction of sp³-hybridized carbons (Fsp3) is 0.382. The highest BCUT2D eigenvalue weighted by Gasteiger charge is 2.37.